The zero-order valence-corrected chi connectivity index (χ0v) is 29.2. The predicted molar refractivity (Wildman–Crippen MR) is 191 cm³/mol. The van der Waals surface area contributed by atoms with Crippen LogP contribution in [0.3, 0.4) is 0 Å². The minimum absolute atomic E-state index is 0.00889. The van der Waals surface area contributed by atoms with Crippen LogP contribution in [-0.2, 0) is 18.4 Å². The molecule has 52 heavy (non-hydrogen) atoms. The van der Waals surface area contributed by atoms with Crippen LogP contribution in [0.4, 0.5) is 0 Å². The summed E-state index contributed by atoms with van der Waals surface area (Å²) in [5.41, 5.74) is -1.13. The first-order valence-electron chi connectivity index (χ1n) is 17.5. The van der Waals surface area contributed by atoms with Gasteiger partial charge in [-0.05, 0) is 81.7 Å². The number of amides is 4. The van der Waals surface area contributed by atoms with Crippen LogP contribution in [0.15, 0.2) is 64.2 Å². The summed E-state index contributed by atoms with van der Waals surface area (Å²) in [4.78, 5) is 85.4. The molecular formula is C36H46N8O8. The van der Waals surface area contributed by atoms with Gasteiger partial charge >= 0.3 is 0 Å². The fraction of sp³-hybridized carbons (Fsp3) is 0.444. The molecule has 6 N–H and O–H groups in total. The van der Waals surface area contributed by atoms with Crippen LogP contribution < -0.4 is 47.9 Å². The Kier molecular flexibility index (Phi) is 13.7. The van der Waals surface area contributed by atoms with Gasteiger partial charge in [-0.1, -0.05) is 30.3 Å². The summed E-state index contributed by atoms with van der Waals surface area (Å²) in [5, 5.41) is 17.8. The lowest BCUT2D eigenvalue weighted by atomic mass is 10.1. The molecule has 0 saturated carbocycles. The standard InChI is InChI=1S/C36H46N8O8/c1-43-29-13-11-25(35(43)49)31(45)39-19-7-17-37-15-5-6-16-38-18-8-20-40-32(46)26-12-14-30(34(48)42-28-23-51-22-27(28)41-33(29)47)44(36(26)50)52-21-24-9-3-2-4-10-24/h2-4,9-14,27-28,37-38H,5-8,15-23H2,1H3,(H,39,45)(H,40,46)(H,41,47)(H,42,48)/t27-,28+/m1/s1. The van der Waals surface area contributed by atoms with Crippen molar-refractivity contribution in [1.29, 1.82) is 0 Å². The highest BCUT2D eigenvalue weighted by Crippen LogP contribution is 2.10. The fourth-order valence-electron chi connectivity index (χ4n) is 5.83. The number of benzene rings is 1. The third-order valence-corrected chi connectivity index (χ3v) is 8.81. The SMILES string of the molecule is Cn1c2ccc(c1=O)C(=O)NCCCNCCCCNCCCNC(=O)c1ccc(n(OCc3ccccc3)c1=O)C(=O)N[C@H]1COC[C@H]1NC2=O. The molecule has 6 heterocycles. The highest BCUT2D eigenvalue weighted by molar-refractivity contribution is 5.97. The van der Waals surface area contributed by atoms with Crippen LogP contribution in [0.25, 0.3) is 0 Å². The molecule has 3 aromatic rings. The molecule has 0 radical (unpaired) electrons. The van der Waals surface area contributed by atoms with E-state index in [1.54, 1.807) is 12.1 Å². The van der Waals surface area contributed by atoms with Crippen molar-refractivity contribution in [3.8, 4) is 0 Å². The van der Waals surface area contributed by atoms with Crippen molar-refractivity contribution in [1.82, 2.24) is 41.2 Å². The molecule has 278 valence electrons. The molecule has 4 bridgehead atoms. The summed E-state index contributed by atoms with van der Waals surface area (Å²) in [5.74, 6) is -2.42. The zero-order valence-electron chi connectivity index (χ0n) is 29.2. The molecule has 2 aromatic heterocycles. The van der Waals surface area contributed by atoms with Crippen LogP contribution in [-0.4, -0.2) is 97.5 Å². The Labute approximate surface area is 300 Å². The third kappa shape index (κ3) is 9.92. The van der Waals surface area contributed by atoms with E-state index in [1.807, 2.05) is 18.2 Å². The summed E-state index contributed by atoms with van der Waals surface area (Å²) in [6.07, 6.45) is 3.22. The van der Waals surface area contributed by atoms with Gasteiger partial charge in [0.05, 0.1) is 25.3 Å². The number of rotatable bonds is 3. The second kappa shape index (κ2) is 18.8. The largest absolute Gasteiger partial charge is 0.405 e. The monoisotopic (exact) mass is 718 g/mol. The molecule has 0 aliphatic carbocycles. The van der Waals surface area contributed by atoms with E-state index in [2.05, 4.69) is 31.9 Å². The number of hydrogen-bond acceptors (Lipinski definition) is 10. The minimum atomic E-state index is -0.807. The minimum Gasteiger partial charge on any atom is -0.405 e. The molecule has 1 saturated heterocycles. The highest BCUT2D eigenvalue weighted by Gasteiger charge is 2.33. The molecule has 1 aromatic carbocycles. The van der Waals surface area contributed by atoms with E-state index in [0.29, 0.717) is 39.0 Å². The first-order valence-corrected chi connectivity index (χ1v) is 17.5. The van der Waals surface area contributed by atoms with Gasteiger partial charge in [0.1, 0.15) is 29.1 Å². The summed E-state index contributed by atoms with van der Waals surface area (Å²) in [6, 6.07) is 13.0. The van der Waals surface area contributed by atoms with E-state index in [0.717, 1.165) is 40.8 Å². The highest BCUT2D eigenvalue weighted by atomic mass is 16.7. The molecule has 16 nitrogen and oxygen atoms in total. The van der Waals surface area contributed by atoms with E-state index in [9.17, 15) is 28.8 Å². The van der Waals surface area contributed by atoms with Crippen LogP contribution in [0.2, 0.25) is 0 Å². The Bertz CT molecular complexity index is 1840. The molecular weight excluding hydrogens is 672 g/mol. The third-order valence-electron chi connectivity index (χ3n) is 8.81. The Hall–Kier alpha value is -5.32. The molecule has 2 atom stereocenters. The molecule has 4 amide bonds. The topological polar surface area (TPSA) is 203 Å². The van der Waals surface area contributed by atoms with Gasteiger partial charge in [0.2, 0.25) is 0 Å². The van der Waals surface area contributed by atoms with Crippen LogP contribution >= 0.6 is 0 Å². The maximum Gasteiger partial charge on any atom is 0.296 e. The summed E-state index contributed by atoms with van der Waals surface area (Å²) in [7, 11) is 1.40. The molecule has 1 fully saturated rings. The van der Waals surface area contributed by atoms with E-state index in [4.69, 9.17) is 9.57 Å². The Balaban J connectivity index is 1.36. The van der Waals surface area contributed by atoms with Crippen LogP contribution in [0.1, 0.15) is 72.9 Å². The molecule has 4 aliphatic heterocycles. The van der Waals surface area contributed by atoms with E-state index < -0.39 is 46.8 Å². The molecule has 0 spiro atoms. The average molecular weight is 719 g/mol. The first-order chi connectivity index (χ1) is 25.2. The second-order valence-corrected chi connectivity index (χ2v) is 12.6. The van der Waals surface area contributed by atoms with Crippen molar-refractivity contribution in [3.05, 3.63) is 103 Å². The fourth-order valence-corrected chi connectivity index (χ4v) is 5.83. The Morgan fingerprint density at radius 3 is 1.73 bits per heavy atom. The predicted octanol–water partition coefficient (Wildman–Crippen LogP) is -0.684. The average Bonchev–Trinajstić information content (AvgIpc) is 3.57. The quantitative estimate of drug-likeness (QED) is 0.201. The summed E-state index contributed by atoms with van der Waals surface area (Å²) in [6.45, 7) is 3.77. The van der Waals surface area contributed by atoms with Gasteiger partial charge < -0.3 is 46.0 Å². The van der Waals surface area contributed by atoms with E-state index in [-0.39, 0.29) is 42.3 Å². The van der Waals surface area contributed by atoms with Crippen molar-refractivity contribution in [2.45, 2.75) is 44.4 Å². The van der Waals surface area contributed by atoms with Crippen LogP contribution in [0.5, 0.6) is 0 Å². The number of fused-ring (bicyclic) bond motifs is 2. The number of nitrogens with one attached hydrogen (secondary N) is 6. The van der Waals surface area contributed by atoms with Gasteiger partial charge in [-0.3, -0.25) is 28.8 Å². The van der Waals surface area contributed by atoms with Crippen molar-refractivity contribution >= 4 is 23.6 Å². The van der Waals surface area contributed by atoms with Crippen molar-refractivity contribution in [3.63, 3.8) is 0 Å². The lowest BCUT2D eigenvalue weighted by molar-refractivity contribution is 0.0683. The van der Waals surface area contributed by atoms with Crippen LogP contribution in [0, 0.1) is 0 Å². The maximum atomic E-state index is 13.7. The number of aromatic nitrogens is 2. The molecule has 0 unspecified atom stereocenters. The van der Waals surface area contributed by atoms with Gasteiger partial charge in [0, 0.05) is 20.1 Å². The van der Waals surface area contributed by atoms with Gasteiger partial charge in [0.25, 0.3) is 34.7 Å². The smallest absolute Gasteiger partial charge is 0.296 e. The molecule has 4 aliphatic rings. The van der Waals surface area contributed by atoms with Gasteiger partial charge in [-0.25, -0.2) is 0 Å². The molecule has 7 rings (SSSR count). The summed E-state index contributed by atoms with van der Waals surface area (Å²) >= 11 is 0. The lowest BCUT2D eigenvalue weighted by Gasteiger charge is -2.22. The van der Waals surface area contributed by atoms with E-state index in [1.165, 1.54) is 31.3 Å². The Morgan fingerprint density at radius 2 is 1.13 bits per heavy atom. The van der Waals surface area contributed by atoms with Crippen molar-refractivity contribution in [2.24, 2.45) is 7.05 Å². The number of ether oxygens (including phenoxy) is 1. The number of pyridine rings is 2. The van der Waals surface area contributed by atoms with E-state index >= 15 is 0 Å². The van der Waals surface area contributed by atoms with Crippen molar-refractivity contribution < 1.29 is 28.8 Å². The maximum absolute atomic E-state index is 13.7. The Morgan fingerprint density at radius 1 is 0.615 bits per heavy atom. The van der Waals surface area contributed by atoms with Gasteiger partial charge in [-0.15, -0.1) is 4.73 Å². The number of carbonyl (C=O) groups excluding carboxylic acids is 4. The second-order valence-electron chi connectivity index (χ2n) is 12.6. The van der Waals surface area contributed by atoms with Gasteiger partial charge in [0.15, 0.2) is 0 Å². The lowest BCUT2D eigenvalue weighted by Crippen LogP contribution is -2.52. The normalized spacial score (nSPS) is 20.2. The number of nitrogens with zero attached hydrogens (tertiary/aromatic N) is 2. The first kappa shape index (κ1) is 37.9. The number of hydrogen-bond donors (Lipinski definition) is 6. The zero-order chi connectivity index (χ0) is 36.9. The summed E-state index contributed by atoms with van der Waals surface area (Å²) < 4.78 is 7.48. The van der Waals surface area contributed by atoms with Gasteiger partial charge in [-0.2, -0.15) is 0 Å². The number of carbonyl (C=O) groups is 4. The molecule has 16 heteroatoms. The van der Waals surface area contributed by atoms with Crippen molar-refractivity contribution in [2.75, 3.05) is 52.5 Å².